The zero-order chi connectivity index (χ0) is 10.9. The average Bonchev–Trinajstić information content (AvgIpc) is 2.24. The van der Waals surface area contributed by atoms with Gasteiger partial charge in [-0.25, -0.2) is 4.98 Å². The molecule has 4 heteroatoms. The summed E-state index contributed by atoms with van der Waals surface area (Å²) >= 11 is 1.72. The van der Waals surface area contributed by atoms with Crippen LogP contribution in [0.3, 0.4) is 0 Å². The molecule has 0 amide bonds. The summed E-state index contributed by atoms with van der Waals surface area (Å²) in [6, 6.07) is 5.86. The molecule has 0 bridgehead atoms. The number of carbonyl (C=O) groups is 1. The van der Waals surface area contributed by atoms with E-state index < -0.39 is 5.97 Å². The van der Waals surface area contributed by atoms with Crippen molar-refractivity contribution in [1.29, 1.82) is 0 Å². The molecular formula is C11H15NO2S. The molecule has 0 aromatic carbocycles. The van der Waals surface area contributed by atoms with Crippen LogP contribution in [0.2, 0.25) is 0 Å². The molecule has 0 aliphatic rings. The van der Waals surface area contributed by atoms with Crippen LogP contribution in [0.4, 0.5) is 0 Å². The number of aromatic nitrogens is 1. The highest BCUT2D eigenvalue weighted by Gasteiger charge is 1.97. The van der Waals surface area contributed by atoms with Gasteiger partial charge in [-0.1, -0.05) is 12.5 Å². The number of pyridine rings is 1. The van der Waals surface area contributed by atoms with E-state index in [0.29, 0.717) is 0 Å². The van der Waals surface area contributed by atoms with Crippen molar-refractivity contribution in [1.82, 2.24) is 4.98 Å². The fourth-order valence-electron chi connectivity index (χ4n) is 1.16. The van der Waals surface area contributed by atoms with Crippen LogP contribution >= 0.6 is 11.8 Å². The van der Waals surface area contributed by atoms with Crippen LogP contribution < -0.4 is 0 Å². The summed E-state index contributed by atoms with van der Waals surface area (Å²) in [5.41, 5.74) is 0. The molecule has 0 aliphatic carbocycles. The third kappa shape index (κ3) is 6.12. The highest BCUT2D eigenvalue weighted by Crippen LogP contribution is 2.16. The highest BCUT2D eigenvalue weighted by molar-refractivity contribution is 7.99. The molecule has 1 heterocycles. The second kappa shape index (κ2) is 7.29. The minimum absolute atomic E-state index is 0.286. The number of carboxylic acids is 1. The average molecular weight is 225 g/mol. The number of rotatable bonds is 7. The molecular weight excluding hydrogens is 210 g/mol. The topological polar surface area (TPSA) is 50.2 Å². The summed E-state index contributed by atoms with van der Waals surface area (Å²) in [5, 5.41) is 9.47. The molecule has 0 saturated carbocycles. The lowest BCUT2D eigenvalue weighted by molar-refractivity contribution is -0.137. The molecule has 0 spiro atoms. The zero-order valence-electron chi connectivity index (χ0n) is 8.56. The molecule has 0 atom stereocenters. The zero-order valence-corrected chi connectivity index (χ0v) is 9.37. The van der Waals surface area contributed by atoms with E-state index >= 15 is 0 Å². The standard InChI is InChI=1S/C11H15NO2S/c13-11(14)7-2-1-5-9-15-10-6-3-4-8-12-10/h3-4,6,8H,1-2,5,7,9H2,(H,13,14). The Morgan fingerprint density at radius 3 is 2.87 bits per heavy atom. The van der Waals surface area contributed by atoms with Gasteiger partial charge < -0.3 is 5.11 Å². The number of carboxylic acid groups (broad SMARTS) is 1. The predicted octanol–water partition coefficient (Wildman–Crippen LogP) is 2.82. The molecule has 1 rings (SSSR count). The van der Waals surface area contributed by atoms with Gasteiger partial charge in [-0.15, -0.1) is 11.8 Å². The van der Waals surface area contributed by atoms with Crippen LogP contribution in [0.1, 0.15) is 25.7 Å². The molecule has 1 aromatic heterocycles. The number of hydrogen-bond acceptors (Lipinski definition) is 3. The number of nitrogens with zero attached hydrogens (tertiary/aromatic N) is 1. The fourth-order valence-corrected chi connectivity index (χ4v) is 2.03. The second-order valence-electron chi connectivity index (χ2n) is 3.22. The summed E-state index contributed by atoms with van der Waals surface area (Å²) in [5.74, 6) is 0.309. The molecule has 1 aromatic rings. The van der Waals surface area contributed by atoms with E-state index in [4.69, 9.17) is 5.11 Å². The molecule has 3 nitrogen and oxygen atoms in total. The summed E-state index contributed by atoms with van der Waals surface area (Å²) in [4.78, 5) is 14.4. The minimum atomic E-state index is -0.702. The van der Waals surface area contributed by atoms with Crippen LogP contribution in [-0.2, 0) is 4.79 Å². The van der Waals surface area contributed by atoms with Gasteiger partial charge in [0, 0.05) is 12.6 Å². The van der Waals surface area contributed by atoms with E-state index in [1.54, 1.807) is 18.0 Å². The maximum Gasteiger partial charge on any atom is 0.303 e. The Morgan fingerprint density at radius 1 is 1.33 bits per heavy atom. The molecule has 82 valence electrons. The van der Waals surface area contributed by atoms with Gasteiger partial charge in [-0.2, -0.15) is 0 Å². The highest BCUT2D eigenvalue weighted by atomic mass is 32.2. The Balaban J connectivity index is 2.00. The Bertz CT molecular complexity index is 290. The van der Waals surface area contributed by atoms with E-state index in [-0.39, 0.29) is 6.42 Å². The normalized spacial score (nSPS) is 10.1. The molecule has 0 aliphatic heterocycles. The fraction of sp³-hybridized carbons (Fsp3) is 0.455. The first kappa shape index (κ1) is 12.0. The lowest BCUT2D eigenvalue weighted by atomic mass is 10.2. The van der Waals surface area contributed by atoms with Crippen LogP contribution in [0.15, 0.2) is 29.4 Å². The van der Waals surface area contributed by atoms with Crippen molar-refractivity contribution >= 4 is 17.7 Å². The molecule has 1 N–H and O–H groups in total. The van der Waals surface area contributed by atoms with Gasteiger partial charge in [0.15, 0.2) is 0 Å². The van der Waals surface area contributed by atoms with Crippen molar-refractivity contribution in [3.8, 4) is 0 Å². The Kier molecular flexibility index (Phi) is 5.85. The van der Waals surface area contributed by atoms with Gasteiger partial charge in [0.25, 0.3) is 0 Å². The number of unbranched alkanes of at least 4 members (excludes halogenated alkanes) is 2. The van der Waals surface area contributed by atoms with Crippen molar-refractivity contribution in [2.45, 2.75) is 30.7 Å². The SMILES string of the molecule is O=C(O)CCCCCSc1ccccn1. The van der Waals surface area contributed by atoms with Gasteiger partial charge in [0.2, 0.25) is 0 Å². The summed E-state index contributed by atoms with van der Waals surface area (Å²) in [6.45, 7) is 0. The van der Waals surface area contributed by atoms with E-state index in [1.807, 2.05) is 18.2 Å². The largest absolute Gasteiger partial charge is 0.481 e. The van der Waals surface area contributed by atoms with Gasteiger partial charge in [-0.3, -0.25) is 4.79 Å². The van der Waals surface area contributed by atoms with Crippen molar-refractivity contribution < 1.29 is 9.90 Å². The van der Waals surface area contributed by atoms with Gasteiger partial charge in [0.05, 0.1) is 5.03 Å². The van der Waals surface area contributed by atoms with Gasteiger partial charge >= 0.3 is 5.97 Å². The maximum absolute atomic E-state index is 10.2. The van der Waals surface area contributed by atoms with Crippen LogP contribution in [0.5, 0.6) is 0 Å². The first-order chi connectivity index (χ1) is 7.29. The number of aliphatic carboxylic acids is 1. The molecule has 15 heavy (non-hydrogen) atoms. The van der Waals surface area contributed by atoms with E-state index in [9.17, 15) is 4.79 Å². The van der Waals surface area contributed by atoms with E-state index in [2.05, 4.69) is 4.98 Å². The van der Waals surface area contributed by atoms with Crippen LogP contribution in [-0.4, -0.2) is 21.8 Å². The Morgan fingerprint density at radius 2 is 2.20 bits per heavy atom. The third-order valence-corrected chi connectivity index (χ3v) is 2.95. The lowest BCUT2D eigenvalue weighted by Crippen LogP contribution is -1.93. The second-order valence-corrected chi connectivity index (χ2v) is 4.34. The number of thioether (sulfide) groups is 1. The summed E-state index contributed by atoms with van der Waals surface area (Å²) in [7, 11) is 0. The third-order valence-electron chi connectivity index (χ3n) is 1.92. The first-order valence-electron chi connectivity index (χ1n) is 5.04. The maximum atomic E-state index is 10.2. The monoisotopic (exact) mass is 225 g/mol. The summed E-state index contributed by atoms with van der Waals surface area (Å²) < 4.78 is 0. The van der Waals surface area contributed by atoms with Gasteiger partial charge in [-0.05, 0) is 30.7 Å². The minimum Gasteiger partial charge on any atom is -0.481 e. The van der Waals surface area contributed by atoms with Gasteiger partial charge in [0.1, 0.15) is 0 Å². The van der Waals surface area contributed by atoms with E-state index in [0.717, 1.165) is 30.0 Å². The number of hydrogen-bond donors (Lipinski definition) is 1. The summed E-state index contributed by atoms with van der Waals surface area (Å²) in [6.07, 6.45) is 4.87. The smallest absolute Gasteiger partial charge is 0.303 e. The Hall–Kier alpha value is -1.03. The first-order valence-corrected chi connectivity index (χ1v) is 6.03. The molecule has 0 unspecified atom stereocenters. The van der Waals surface area contributed by atoms with Crippen molar-refractivity contribution in [3.63, 3.8) is 0 Å². The lowest BCUT2D eigenvalue weighted by Gasteiger charge is -1.99. The molecule has 0 saturated heterocycles. The predicted molar refractivity (Wildman–Crippen MR) is 61.1 cm³/mol. The Labute approximate surface area is 93.9 Å². The van der Waals surface area contributed by atoms with Crippen LogP contribution in [0, 0.1) is 0 Å². The molecule has 0 radical (unpaired) electrons. The van der Waals surface area contributed by atoms with E-state index in [1.165, 1.54) is 0 Å². The van der Waals surface area contributed by atoms with Crippen LogP contribution in [0.25, 0.3) is 0 Å². The van der Waals surface area contributed by atoms with Crippen molar-refractivity contribution in [2.24, 2.45) is 0 Å². The van der Waals surface area contributed by atoms with Crippen molar-refractivity contribution in [2.75, 3.05) is 5.75 Å². The molecule has 0 fully saturated rings. The van der Waals surface area contributed by atoms with Crippen molar-refractivity contribution in [3.05, 3.63) is 24.4 Å². The quantitative estimate of drug-likeness (QED) is 0.572.